The van der Waals surface area contributed by atoms with Crippen molar-refractivity contribution in [3.8, 4) is 0 Å². The lowest BCUT2D eigenvalue weighted by molar-refractivity contribution is 0.110. The maximum atomic E-state index is 12.6. The van der Waals surface area contributed by atoms with Crippen LogP contribution in [0.1, 0.15) is 17.4 Å². The normalized spacial score (nSPS) is 18.9. The lowest BCUT2D eigenvalue weighted by Gasteiger charge is -2.38. The fourth-order valence-electron chi connectivity index (χ4n) is 2.84. The number of likely N-dealkylation sites (N-methyl/N-ethyl adjacent to an activating group) is 1. The predicted molar refractivity (Wildman–Crippen MR) is 88.1 cm³/mol. The van der Waals surface area contributed by atoms with Gasteiger partial charge < -0.3 is 14.8 Å². The summed E-state index contributed by atoms with van der Waals surface area (Å²) in [5, 5.41) is 2.98. The standard InChI is InChI=1S/C16H22N6O/c1-12-10-17-5-4-13(12)19-16(23)22-9-8-20(2)14(11-22)15-18-6-7-21(15)3/h4-7,10,14H,8-9,11H2,1-3H3,(H,17,19,23)/t14-/m1/s1. The number of carbonyl (C=O) groups excluding carboxylic acids is 1. The first kappa shape index (κ1) is 15.5. The molecule has 0 spiro atoms. The highest BCUT2D eigenvalue weighted by Crippen LogP contribution is 2.23. The molecule has 23 heavy (non-hydrogen) atoms. The summed E-state index contributed by atoms with van der Waals surface area (Å²) in [6.07, 6.45) is 7.16. The van der Waals surface area contributed by atoms with Gasteiger partial charge in [0.2, 0.25) is 0 Å². The number of piperazine rings is 1. The summed E-state index contributed by atoms with van der Waals surface area (Å²) in [7, 11) is 4.05. The highest BCUT2D eigenvalue weighted by molar-refractivity contribution is 5.90. The minimum atomic E-state index is -0.0772. The first-order valence-corrected chi connectivity index (χ1v) is 7.70. The fourth-order valence-corrected chi connectivity index (χ4v) is 2.84. The average Bonchev–Trinajstić information content (AvgIpc) is 2.96. The second-order valence-corrected chi connectivity index (χ2v) is 5.96. The largest absolute Gasteiger partial charge is 0.337 e. The number of hydrogen-bond donors (Lipinski definition) is 1. The SMILES string of the molecule is Cc1cnccc1NC(=O)N1CCN(C)[C@@H](c2nccn2C)C1. The van der Waals surface area contributed by atoms with E-state index in [2.05, 4.69) is 27.2 Å². The Morgan fingerprint density at radius 2 is 2.13 bits per heavy atom. The molecule has 0 bridgehead atoms. The first-order valence-electron chi connectivity index (χ1n) is 7.70. The van der Waals surface area contributed by atoms with Gasteiger partial charge in [-0.2, -0.15) is 0 Å². The van der Waals surface area contributed by atoms with E-state index in [1.54, 1.807) is 18.6 Å². The van der Waals surface area contributed by atoms with Gasteiger partial charge in [0.05, 0.1) is 6.04 Å². The van der Waals surface area contributed by atoms with E-state index in [0.717, 1.165) is 23.6 Å². The number of pyridine rings is 1. The monoisotopic (exact) mass is 314 g/mol. The van der Waals surface area contributed by atoms with Crippen LogP contribution in [0.15, 0.2) is 30.9 Å². The molecule has 1 fully saturated rings. The average molecular weight is 314 g/mol. The molecule has 0 aromatic carbocycles. The summed E-state index contributed by atoms with van der Waals surface area (Å²) in [4.78, 5) is 25.1. The van der Waals surface area contributed by atoms with Crippen LogP contribution in [0.5, 0.6) is 0 Å². The Kier molecular flexibility index (Phi) is 4.29. The molecule has 3 heterocycles. The van der Waals surface area contributed by atoms with Gasteiger partial charge in [-0.25, -0.2) is 9.78 Å². The van der Waals surface area contributed by atoms with E-state index >= 15 is 0 Å². The van der Waals surface area contributed by atoms with Crippen LogP contribution in [0.2, 0.25) is 0 Å². The van der Waals surface area contributed by atoms with Gasteiger partial charge in [-0.3, -0.25) is 9.88 Å². The van der Waals surface area contributed by atoms with Crippen molar-refractivity contribution in [3.05, 3.63) is 42.2 Å². The Balaban J connectivity index is 1.72. The van der Waals surface area contributed by atoms with Crippen molar-refractivity contribution in [3.63, 3.8) is 0 Å². The van der Waals surface area contributed by atoms with Crippen LogP contribution in [0, 0.1) is 6.92 Å². The van der Waals surface area contributed by atoms with E-state index < -0.39 is 0 Å². The number of rotatable bonds is 2. The van der Waals surface area contributed by atoms with Gasteiger partial charge in [0.25, 0.3) is 0 Å². The zero-order chi connectivity index (χ0) is 16.4. The molecule has 3 rings (SSSR count). The van der Waals surface area contributed by atoms with E-state index in [0.29, 0.717) is 13.1 Å². The molecule has 2 aromatic heterocycles. The van der Waals surface area contributed by atoms with Crippen molar-refractivity contribution < 1.29 is 4.79 Å². The Morgan fingerprint density at radius 3 is 2.83 bits per heavy atom. The first-order chi connectivity index (χ1) is 11.1. The number of aryl methyl sites for hydroxylation is 2. The molecule has 122 valence electrons. The Bertz CT molecular complexity index is 697. The molecule has 0 aliphatic carbocycles. The Hall–Kier alpha value is -2.41. The quantitative estimate of drug-likeness (QED) is 0.915. The third kappa shape index (κ3) is 3.19. The summed E-state index contributed by atoms with van der Waals surface area (Å²) in [6.45, 7) is 4.08. The van der Waals surface area contributed by atoms with Gasteiger partial charge in [0, 0.05) is 57.2 Å². The highest BCUT2D eigenvalue weighted by Gasteiger charge is 2.30. The number of hydrogen-bond acceptors (Lipinski definition) is 4. The zero-order valence-corrected chi connectivity index (χ0v) is 13.7. The number of aromatic nitrogens is 3. The minimum Gasteiger partial charge on any atom is -0.337 e. The van der Waals surface area contributed by atoms with Crippen molar-refractivity contribution in [1.82, 2.24) is 24.3 Å². The minimum absolute atomic E-state index is 0.0772. The molecule has 1 aliphatic rings. The van der Waals surface area contributed by atoms with Gasteiger partial charge in [0.15, 0.2) is 0 Å². The number of anilines is 1. The Morgan fingerprint density at radius 1 is 1.30 bits per heavy atom. The molecule has 0 saturated carbocycles. The van der Waals surface area contributed by atoms with E-state index in [1.165, 1.54) is 0 Å². The molecule has 0 radical (unpaired) electrons. The fraction of sp³-hybridized carbons (Fsp3) is 0.438. The van der Waals surface area contributed by atoms with Crippen LogP contribution in [0.3, 0.4) is 0 Å². The molecule has 2 aromatic rings. The van der Waals surface area contributed by atoms with Crippen LogP contribution in [0.4, 0.5) is 10.5 Å². The molecule has 1 aliphatic heterocycles. The molecular formula is C16H22N6O. The van der Waals surface area contributed by atoms with Crippen LogP contribution in [0.25, 0.3) is 0 Å². The molecule has 7 heteroatoms. The van der Waals surface area contributed by atoms with E-state index in [1.807, 2.05) is 35.7 Å². The van der Waals surface area contributed by atoms with Crippen LogP contribution < -0.4 is 5.32 Å². The van der Waals surface area contributed by atoms with Gasteiger partial charge in [-0.1, -0.05) is 0 Å². The molecule has 1 saturated heterocycles. The van der Waals surface area contributed by atoms with Crippen LogP contribution in [-0.2, 0) is 7.05 Å². The number of amides is 2. The third-order valence-electron chi connectivity index (χ3n) is 4.35. The maximum absolute atomic E-state index is 12.6. The maximum Gasteiger partial charge on any atom is 0.321 e. The highest BCUT2D eigenvalue weighted by atomic mass is 16.2. The van der Waals surface area contributed by atoms with Crippen LogP contribution in [-0.4, -0.2) is 57.0 Å². The van der Waals surface area contributed by atoms with Gasteiger partial charge >= 0.3 is 6.03 Å². The van der Waals surface area contributed by atoms with Crippen molar-refractivity contribution >= 4 is 11.7 Å². The van der Waals surface area contributed by atoms with Crippen LogP contribution >= 0.6 is 0 Å². The molecule has 1 N–H and O–H groups in total. The number of carbonyl (C=O) groups is 1. The topological polar surface area (TPSA) is 66.3 Å². The van der Waals surface area contributed by atoms with E-state index in [9.17, 15) is 4.79 Å². The molecule has 1 atom stereocenters. The van der Waals surface area contributed by atoms with Crippen molar-refractivity contribution in [2.75, 3.05) is 32.0 Å². The van der Waals surface area contributed by atoms with Crippen molar-refractivity contribution in [2.24, 2.45) is 7.05 Å². The summed E-state index contributed by atoms with van der Waals surface area (Å²) in [6, 6.07) is 1.85. The molecular weight excluding hydrogens is 292 g/mol. The predicted octanol–water partition coefficient (Wildman–Crippen LogP) is 1.64. The lowest BCUT2D eigenvalue weighted by atomic mass is 10.1. The smallest absolute Gasteiger partial charge is 0.321 e. The summed E-state index contributed by atoms with van der Waals surface area (Å²) in [5.41, 5.74) is 1.76. The lowest BCUT2D eigenvalue weighted by Crippen LogP contribution is -2.50. The van der Waals surface area contributed by atoms with E-state index in [4.69, 9.17) is 0 Å². The Labute approximate surface area is 135 Å². The van der Waals surface area contributed by atoms with Gasteiger partial charge in [-0.15, -0.1) is 0 Å². The number of imidazole rings is 1. The molecule has 0 unspecified atom stereocenters. The zero-order valence-electron chi connectivity index (χ0n) is 13.7. The van der Waals surface area contributed by atoms with Gasteiger partial charge in [-0.05, 0) is 25.6 Å². The third-order valence-corrected chi connectivity index (χ3v) is 4.35. The molecule has 2 amide bonds. The second-order valence-electron chi connectivity index (χ2n) is 5.96. The summed E-state index contributed by atoms with van der Waals surface area (Å²) < 4.78 is 2.01. The van der Waals surface area contributed by atoms with Crippen molar-refractivity contribution in [1.29, 1.82) is 0 Å². The number of nitrogens with zero attached hydrogens (tertiary/aromatic N) is 5. The summed E-state index contributed by atoms with van der Waals surface area (Å²) in [5.74, 6) is 0.977. The number of urea groups is 1. The number of nitrogens with one attached hydrogen (secondary N) is 1. The van der Waals surface area contributed by atoms with Gasteiger partial charge in [0.1, 0.15) is 5.82 Å². The molecule has 7 nitrogen and oxygen atoms in total. The van der Waals surface area contributed by atoms with E-state index in [-0.39, 0.29) is 12.1 Å². The summed E-state index contributed by atoms with van der Waals surface area (Å²) >= 11 is 0. The van der Waals surface area contributed by atoms with Crippen molar-refractivity contribution in [2.45, 2.75) is 13.0 Å². The second kappa shape index (κ2) is 6.37.